The van der Waals surface area contributed by atoms with Crippen molar-refractivity contribution in [1.29, 1.82) is 0 Å². The van der Waals surface area contributed by atoms with Gasteiger partial charge < -0.3 is 5.32 Å². The minimum atomic E-state index is -3.62. The standard InChI is InChI=1S/C23H30N2O3S/c1-18-11-13-23(14-12-18)29(27,28)25(16-15-20-7-4-3-5-8-20)22-10-6-9-21(17-22)24-19(2)26/h3-5,7-8,11-14,21-22H,6,9-10,15-17H2,1-2H3,(H,24,26)/t21-,22-/m1/s1. The summed E-state index contributed by atoms with van der Waals surface area (Å²) in [6.07, 6.45) is 3.93. The van der Waals surface area contributed by atoms with Gasteiger partial charge in [0.15, 0.2) is 0 Å². The Labute approximate surface area is 174 Å². The second kappa shape index (κ2) is 9.55. The van der Waals surface area contributed by atoms with Crippen LogP contribution in [0.1, 0.15) is 43.7 Å². The normalized spacial score (nSPS) is 19.8. The number of aryl methyl sites for hydroxylation is 1. The van der Waals surface area contributed by atoms with Crippen molar-refractivity contribution in [2.24, 2.45) is 0 Å². The summed E-state index contributed by atoms with van der Waals surface area (Å²) >= 11 is 0. The molecular formula is C23H30N2O3S. The summed E-state index contributed by atoms with van der Waals surface area (Å²) in [5.41, 5.74) is 2.15. The van der Waals surface area contributed by atoms with Gasteiger partial charge in [-0.3, -0.25) is 4.79 Å². The molecule has 1 fully saturated rings. The molecule has 3 rings (SSSR count). The molecule has 2 aromatic rings. The van der Waals surface area contributed by atoms with Crippen LogP contribution in [0.15, 0.2) is 59.5 Å². The van der Waals surface area contributed by atoms with Crippen LogP contribution >= 0.6 is 0 Å². The molecule has 0 unspecified atom stereocenters. The van der Waals surface area contributed by atoms with Crippen LogP contribution in [-0.4, -0.2) is 37.3 Å². The molecular weight excluding hydrogens is 384 g/mol. The summed E-state index contributed by atoms with van der Waals surface area (Å²) in [6, 6.07) is 16.9. The molecule has 1 aliphatic carbocycles. The van der Waals surface area contributed by atoms with Crippen LogP contribution in [0.4, 0.5) is 0 Å². The first-order chi connectivity index (χ1) is 13.9. The fraction of sp³-hybridized carbons (Fsp3) is 0.435. The van der Waals surface area contributed by atoms with Crippen molar-refractivity contribution in [3.63, 3.8) is 0 Å². The highest BCUT2D eigenvalue weighted by Gasteiger charge is 2.34. The van der Waals surface area contributed by atoms with Gasteiger partial charge in [0, 0.05) is 25.6 Å². The van der Waals surface area contributed by atoms with Crippen molar-refractivity contribution in [2.75, 3.05) is 6.54 Å². The Morgan fingerprint density at radius 2 is 1.76 bits per heavy atom. The molecule has 1 aliphatic rings. The maximum absolute atomic E-state index is 13.5. The number of sulfonamides is 1. The van der Waals surface area contributed by atoms with Crippen LogP contribution in [0.25, 0.3) is 0 Å². The lowest BCUT2D eigenvalue weighted by molar-refractivity contribution is -0.119. The van der Waals surface area contributed by atoms with E-state index in [1.807, 2.05) is 49.4 Å². The maximum Gasteiger partial charge on any atom is 0.243 e. The van der Waals surface area contributed by atoms with Gasteiger partial charge in [0.05, 0.1) is 4.90 Å². The van der Waals surface area contributed by atoms with E-state index in [9.17, 15) is 13.2 Å². The van der Waals surface area contributed by atoms with E-state index in [0.717, 1.165) is 30.4 Å². The Kier molecular flexibility index (Phi) is 7.09. The molecule has 2 atom stereocenters. The molecule has 0 aliphatic heterocycles. The van der Waals surface area contributed by atoms with Crippen molar-refractivity contribution in [2.45, 2.75) is 62.9 Å². The Morgan fingerprint density at radius 1 is 1.07 bits per heavy atom. The van der Waals surface area contributed by atoms with E-state index >= 15 is 0 Å². The molecule has 1 saturated carbocycles. The minimum Gasteiger partial charge on any atom is -0.354 e. The van der Waals surface area contributed by atoms with E-state index in [2.05, 4.69) is 5.32 Å². The fourth-order valence-corrected chi connectivity index (χ4v) is 5.74. The molecule has 0 spiro atoms. The predicted octanol–water partition coefficient (Wildman–Crippen LogP) is 3.68. The van der Waals surface area contributed by atoms with Crippen molar-refractivity contribution in [3.05, 3.63) is 65.7 Å². The maximum atomic E-state index is 13.5. The topological polar surface area (TPSA) is 66.5 Å². The highest BCUT2D eigenvalue weighted by atomic mass is 32.2. The molecule has 0 bridgehead atoms. The lowest BCUT2D eigenvalue weighted by atomic mass is 9.90. The number of carbonyl (C=O) groups excluding carboxylic acids is 1. The summed E-state index contributed by atoms with van der Waals surface area (Å²) in [7, 11) is -3.62. The van der Waals surface area contributed by atoms with E-state index in [1.54, 1.807) is 16.4 Å². The third-order valence-corrected chi connectivity index (χ3v) is 7.52. The van der Waals surface area contributed by atoms with E-state index < -0.39 is 10.0 Å². The number of benzene rings is 2. The van der Waals surface area contributed by atoms with Crippen LogP contribution in [0.3, 0.4) is 0 Å². The third-order valence-electron chi connectivity index (χ3n) is 5.55. The molecule has 156 valence electrons. The number of hydrogen-bond acceptors (Lipinski definition) is 3. The first kappa shape index (κ1) is 21.5. The van der Waals surface area contributed by atoms with E-state index in [4.69, 9.17) is 0 Å². The first-order valence-corrected chi connectivity index (χ1v) is 11.7. The molecule has 0 radical (unpaired) electrons. The number of hydrogen-bond donors (Lipinski definition) is 1. The van der Waals surface area contributed by atoms with E-state index in [-0.39, 0.29) is 18.0 Å². The number of amides is 1. The van der Waals surface area contributed by atoms with E-state index in [0.29, 0.717) is 24.3 Å². The zero-order valence-electron chi connectivity index (χ0n) is 17.2. The Balaban J connectivity index is 1.86. The average molecular weight is 415 g/mol. The van der Waals surface area contributed by atoms with Gasteiger partial charge in [-0.1, -0.05) is 48.0 Å². The molecule has 0 aromatic heterocycles. The van der Waals surface area contributed by atoms with Crippen molar-refractivity contribution in [3.8, 4) is 0 Å². The van der Waals surface area contributed by atoms with Crippen molar-refractivity contribution in [1.82, 2.24) is 9.62 Å². The molecule has 29 heavy (non-hydrogen) atoms. The van der Waals surface area contributed by atoms with Crippen LogP contribution in [0, 0.1) is 6.92 Å². The predicted molar refractivity (Wildman–Crippen MR) is 115 cm³/mol. The lowest BCUT2D eigenvalue weighted by Crippen LogP contribution is -2.48. The van der Waals surface area contributed by atoms with Gasteiger partial charge >= 0.3 is 0 Å². The zero-order valence-corrected chi connectivity index (χ0v) is 18.0. The number of carbonyl (C=O) groups is 1. The SMILES string of the molecule is CC(=O)N[C@@H]1CCC[C@@H](N(CCc2ccccc2)S(=O)(=O)c2ccc(C)cc2)C1. The van der Waals surface area contributed by atoms with Gasteiger partial charge in [-0.25, -0.2) is 8.42 Å². The lowest BCUT2D eigenvalue weighted by Gasteiger charge is -2.37. The quantitative estimate of drug-likeness (QED) is 0.752. The first-order valence-electron chi connectivity index (χ1n) is 10.3. The molecule has 6 heteroatoms. The monoisotopic (exact) mass is 414 g/mol. The second-order valence-electron chi connectivity index (χ2n) is 7.88. The van der Waals surface area contributed by atoms with Crippen LogP contribution in [0.2, 0.25) is 0 Å². The average Bonchev–Trinajstić information content (AvgIpc) is 2.69. The van der Waals surface area contributed by atoms with Gasteiger partial charge in [-0.2, -0.15) is 4.31 Å². The zero-order chi connectivity index (χ0) is 20.9. The van der Waals surface area contributed by atoms with Gasteiger partial charge in [0.2, 0.25) is 15.9 Å². The molecule has 2 aromatic carbocycles. The summed E-state index contributed by atoms with van der Waals surface area (Å²) in [5, 5.41) is 2.98. The van der Waals surface area contributed by atoms with Crippen LogP contribution in [0.5, 0.6) is 0 Å². The van der Waals surface area contributed by atoms with Gasteiger partial charge in [0.25, 0.3) is 0 Å². The number of nitrogens with one attached hydrogen (secondary N) is 1. The minimum absolute atomic E-state index is 0.0266. The van der Waals surface area contributed by atoms with Crippen molar-refractivity contribution >= 4 is 15.9 Å². The van der Waals surface area contributed by atoms with E-state index in [1.165, 1.54) is 6.92 Å². The van der Waals surface area contributed by atoms with Gasteiger partial charge in [-0.05, 0) is 56.7 Å². The fourth-order valence-electron chi connectivity index (χ4n) is 4.07. The highest BCUT2D eigenvalue weighted by Crippen LogP contribution is 2.28. The summed E-state index contributed by atoms with van der Waals surface area (Å²) in [5.74, 6) is -0.0622. The van der Waals surface area contributed by atoms with Crippen LogP contribution in [-0.2, 0) is 21.2 Å². The summed E-state index contributed by atoms with van der Waals surface area (Å²) < 4.78 is 28.7. The smallest absolute Gasteiger partial charge is 0.243 e. The summed E-state index contributed by atoms with van der Waals surface area (Å²) in [4.78, 5) is 11.8. The van der Waals surface area contributed by atoms with Crippen molar-refractivity contribution < 1.29 is 13.2 Å². The van der Waals surface area contributed by atoms with Gasteiger partial charge in [0.1, 0.15) is 0 Å². The third kappa shape index (κ3) is 5.67. The molecule has 0 heterocycles. The second-order valence-corrected chi connectivity index (χ2v) is 9.77. The molecule has 0 saturated heterocycles. The molecule has 5 nitrogen and oxygen atoms in total. The molecule has 1 N–H and O–H groups in total. The highest BCUT2D eigenvalue weighted by molar-refractivity contribution is 7.89. The van der Waals surface area contributed by atoms with Crippen LogP contribution < -0.4 is 5.32 Å². The Morgan fingerprint density at radius 3 is 2.41 bits per heavy atom. The Bertz CT molecular complexity index is 911. The largest absolute Gasteiger partial charge is 0.354 e. The molecule has 1 amide bonds. The number of rotatable bonds is 7. The number of nitrogens with zero attached hydrogens (tertiary/aromatic N) is 1. The Hall–Kier alpha value is -2.18. The summed E-state index contributed by atoms with van der Waals surface area (Å²) in [6.45, 7) is 3.89. The van der Waals surface area contributed by atoms with Gasteiger partial charge in [-0.15, -0.1) is 0 Å².